The molecular weight excluding hydrogens is 624 g/mol. The molecule has 0 saturated carbocycles. The molecule has 0 spiro atoms. The Labute approximate surface area is 261 Å². The number of hydrogen-bond donors (Lipinski definition) is 0. The first kappa shape index (κ1) is 31.1. The number of amides is 4. The van der Waals surface area contributed by atoms with Crippen molar-refractivity contribution < 1.29 is 53.3 Å². The van der Waals surface area contributed by atoms with Gasteiger partial charge in [-0.3, -0.25) is 0 Å². The molecule has 4 aliphatic rings. The monoisotopic (exact) mass is 654 g/mol. The van der Waals surface area contributed by atoms with Crippen molar-refractivity contribution in [3.05, 3.63) is 96.1 Å². The summed E-state index contributed by atoms with van der Waals surface area (Å²) < 4.78 is 64.2. The van der Waals surface area contributed by atoms with Crippen molar-refractivity contribution in [3.63, 3.8) is 0 Å². The van der Waals surface area contributed by atoms with Gasteiger partial charge in [0.1, 0.15) is 0 Å². The quantitative estimate of drug-likeness (QED) is 0.236. The van der Waals surface area contributed by atoms with E-state index in [1.807, 2.05) is 0 Å². The van der Waals surface area contributed by atoms with Gasteiger partial charge in [-0.25, -0.2) is 0 Å². The third kappa shape index (κ3) is 4.32. The molecule has 2 saturated heterocycles. The van der Waals surface area contributed by atoms with Gasteiger partial charge in [0.2, 0.25) is 0 Å². The molecule has 2 aliphatic carbocycles. The van der Waals surface area contributed by atoms with E-state index < -0.39 is 115 Å². The number of rotatable bonds is 6. The standard InChI is InChI=1S/2C12H10F2NO2.2C5H5.Ti/c2*1-6-7(2)12(17)15(11(6)16)10-4-3-8(13)5-9(10)14;2*1-2-4-5-3-1;/h2*3-4,6-7H,1-2H3;2*1-5H;. The Morgan fingerprint density at radius 3 is 1.09 bits per heavy atom. The van der Waals surface area contributed by atoms with Gasteiger partial charge in [0.05, 0.1) is 0 Å². The van der Waals surface area contributed by atoms with Crippen LogP contribution in [0.15, 0.2) is 72.9 Å². The normalized spacial score (nSPS) is 25.3. The molecule has 11 heteroatoms. The van der Waals surface area contributed by atoms with Crippen LogP contribution in [0.25, 0.3) is 0 Å². The van der Waals surface area contributed by atoms with E-state index in [9.17, 15) is 19.2 Å². The van der Waals surface area contributed by atoms with Gasteiger partial charge < -0.3 is 0 Å². The van der Waals surface area contributed by atoms with E-state index in [-0.39, 0.29) is 0 Å². The van der Waals surface area contributed by atoms with Crippen molar-refractivity contribution >= 4 is 42.7 Å². The molecule has 45 heavy (non-hydrogen) atoms. The molecule has 2 heterocycles. The van der Waals surface area contributed by atoms with E-state index in [4.69, 9.17) is 0 Å². The number of carbonyl (C=O) groups is 4. The molecule has 2 aromatic carbocycles. The van der Waals surface area contributed by atoms with Crippen LogP contribution >= 0.6 is 0 Å². The minimum absolute atomic E-state index is 0.492. The third-order valence-corrected chi connectivity index (χ3v) is 18.4. The molecule has 6 rings (SSSR count). The molecule has 4 atom stereocenters. The SMILES string of the molecule is CC1C(=O)N(c2ccc(F)[c]([Ti]([c]3c(F)ccc(N4C(=O)C(C)C(C)C4=O)c3F)([CH]3C=CC=C3)[CH]3C=CC=C3)c2F)C(=O)C1C. The van der Waals surface area contributed by atoms with E-state index in [2.05, 4.69) is 0 Å². The van der Waals surface area contributed by atoms with Crippen LogP contribution < -0.4 is 17.5 Å². The molecule has 0 radical (unpaired) electrons. The second kappa shape index (κ2) is 11.2. The van der Waals surface area contributed by atoms with E-state index in [0.29, 0.717) is 9.80 Å². The molecule has 232 valence electrons. The Morgan fingerprint density at radius 1 is 0.511 bits per heavy atom. The second-order valence-electron chi connectivity index (χ2n) is 12.1. The Morgan fingerprint density at radius 2 is 0.800 bits per heavy atom. The van der Waals surface area contributed by atoms with Crippen LogP contribution in [0.1, 0.15) is 27.7 Å². The summed E-state index contributed by atoms with van der Waals surface area (Å²) in [4.78, 5) is 54.0. The van der Waals surface area contributed by atoms with Crippen molar-refractivity contribution in [2.75, 3.05) is 9.80 Å². The predicted molar refractivity (Wildman–Crippen MR) is 158 cm³/mol. The number of allylic oxidation sites excluding steroid dienone is 8. The Kier molecular flexibility index (Phi) is 7.72. The van der Waals surface area contributed by atoms with E-state index in [1.54, 1.807) is 48.6 Å². The number of benzene rings is 2. The molecule has 4 amide bonds. The van der Waals surface area contributed by atoms with Gasteiger partial charge in [0, 0.05) is 0 Å². The summed E-state index contributed by atoms with van der Waals surface area (Å²) in [7, 11) is 0. The zero-order valence-corrected chi connectivity index (χ0v) is 26.5. The van der Waals surface area contributed by atoms with Gasteiger partial charge >= 0.3 is 262 Å². The summed E-state index contributed by atoms with van der Waals surface area (Å²) in [5.41, 5.74) is -0.983. The summed E-state index contributed by atoms with van der Waals surface area (Å²) >= 11 is -5.33. The number of hydrogen-bond acceptors (Lipinski definition) is 4. The van der Waals surface area contributed by atoms with Crippen molar-refractivity contribution in [2.45, 2.75) is 36.1 Å². The second-order valence-corrected chi connectivity index (χ2v) is 18.5. The fraction of sp³-hybridized carbons (Fsp3) is 0.294. The Bertz CT molecular complexity index is 1610. The van der Waals surface area contributed by atoms with Gasteiger partial charge in [-0.1, -0.05) is 0 Å². The number of imide groups is 2. The molecule has 0 bridgehead atoms. The molecule has 4 unspecified atom stereocenters. The summed E-state index contributed by atoms with van der Waals surface area (Å²) in [5, 5.41) is 0. The molecule has 0 N–H and O–H groups in total. The molecule has 6 nitrogen and oxygen atoms in total. The maximum absolute atomic E-state index is 17.2. The molecule has 2 aliphatic heterocycles. The van der Waals surface area contributed by atoms with Crippen LogP contribution in [0.5, 0.6) is 0 Å². The zero-order valence-electron chi connectivity index (χ0n) is 24.9. The zero-order chi connectivity index (χ0) is 32.5. The van der Waals surface area contributed by atoms with Gasteiger partial charge in [-0.15, -0.1) is 0 Å². The maximum atomic E-state index is 17.2. The number of carbonyl (C=O) groups excluding carboxylic acids is 4. The van der Waals surface area contributed by atoms with Crippen molar-refractivity contribution in [3.8, 4) is 0 Å². The molecular formula is C34H30F4N2O4Ti. The average Bonchev–Trinajstić information content (AvgIpc) is 3.81. The van der Waals surface area contributed by atoms with Crippen molar-refractivity contribution in [1.29, 1.82) is 0 Å². The van der Waals surface area contributed by atoms with Gasteiger partial charge in [-0.05, 0) is 0 Å². The topological polar surface area (TPSA) is 74.8 Å². The fourth-order valence-electron chi connectivity index (χ4n) is 7.03. The van der Waals surface area contributed by atoms with E-state index >= 15 is 17.6 Å². The average molecular weight is 654 g/mol. The van der Waals surface area contributed by atoms with Crippen LogP contribution in [0, 0.1) is 46.9 Å². The van der Waals surface area contributed by atoms with Gasteiger partial charge in [0.15, 0.2) is 0 Å². The fourth-order valence-corrected chi connectivity index (χ4v) is 15.8. The van der Waals surface area contributed by atoms with Crippen LogP contribution in [0.3, 0.4) is 0 Å². The van der Waals surface area contributed by atoms with E-state index in [1.165, 1.54) is 27.7 Å². The minimum atomic E-state index is -5.33. The summed E-state index contributed by atoms with van der Waals surface area (Å²) in [5.74, 6) is -10.4. The van der Waals surface area contributed by atoms with Crippen LogP contribution in [0.2, 0.25) is 8.45 Å². The number of nitrogens with zero attached hydrogens (tertiary/aromatic N) is 2. The van der Waals surface area contributed by atoms with Gasteiger partial charge in [0.25, 0.3) is 0 Å². The predicted octanol–water partition coefficient (Wildman–Crippen LogP) is 5.47. The first-order valence-corrected chi connectivity index (χ1v) is 18.1. The summed E-state index contributed by atoms with van der Waals surface area (Å²) in [6.07, 6.45) is 13.0. The molecule has 2 fully saturated rings. The van der Waals surface area contributed by atoms with Crippen molar-refractivity contribution in [1.82, 2.24) is 0 Å². The third-order valence-electron chi connectivity index (χ3n) is 9.94. The van der Waals surface area contributed by atoms with Gasteiger partial charge in [-0.2, -0.15) is 0 Å². The van der Waals surface area contributed by atoms with Crippen LogP contribution in [0.4, 0.5) is 28.9 Å². The summed E-state index contributed by atoms with van der Waals surface area (Å²) in [6.45, 7) is 6.15. The summed E-state index contributed by atoms with van der Waals surface area (Å²) in [6, 6.07) is 3.83. The number of anilines is 2. The van der Waals surface area contributed by atoms with E-state index in [0.717, 1.165) is 24.3 Å². The Hall–Kier alpha value is -3.89. The molecule has 0 aromatic heterocycles. The van der Waals surface area contributed by atoms with Crippen LogP contribution in [-0.2, 0) is 35.8 Å². The van der Waals surface area contributed by atoms with Crippen LogP contribution in [-0.4, -0.2) is 23.6 Å². The molecule has 2 aromatic rings. The Balaban J connectivity index is 1.70. The first-order valence-electron chi connectivity index (χ1n) is 14.8. The van der Waals surface area contributed by atoms with Crippen molar-refractivity contribution in [2.24, 2.45) is 23.7 Å². The first-order chi connectivity index (χ1) is 21.3. The number of halogens is 4.